The molecular formula is C14H12O2. The molecule has 0 aromatic heterocycles. The minimum atomic E-state index is 0.521. The van der Waals surface area contributed by atoms with Crippen LogP contribution in [0.3, 0.4) is 0 Å². The van der Waals surface area contributed by atoms with E-state index in [-0.39, 0.29) is 0 Å². The van der Waals surface area contributed by atoms with Crippen LogP contribution in [-0.2, 0) is 0 Å². The highest BCUT2D eigenvalue weighted by molar-refractivity contribution is 5.21. The molecular weight excluding hydrogens is 200 g/mol. The van der Waals surface area contributed by atoms with E-state index in [0.717, 1.165) is 11.5 Å². The van der Waals surface area contributed by atoms with Crippen LogP contribution in [0.15, 0.2) is 48.5 Å². The summed E-state index contributed by atoms with van der Waals surface area (Å²) in [5, 5.41) is 0. The molecule has 2 radical (unpaired) electrons. The molecule has 0 aliphatic heterocycles. The van der Waals surface area contributed by atoms with Gasteiger partial charge in [0, 0.05) is 0 Å². The molecule has 0 spiro atoms. The molecule has 2 aromatic rings. The maximum absolute atomic E-state index is 5.46. The summed E-state index contributed by atoms with van der Waals surface area (Å²) in [7, 11) is 0. The quantitative estimate of drug-likeness (QED) is 0.709. The van der Waals surface area contributed by atoms with Gasteiger partial charge in [-0.05, 0) is 36.4 Å². The van der Waals surface area contributed by atoms with Crippen molar-refractivity contribution in [3.05, 3.63) is 60.7 Å². The van der Waals surface area contributed by atoms with Gasteiger partial charge in [-0.15, -0.1) is 0 Å². The molecule has 2 heteroatoms. The standard InChI is InChI=1S/C14H12O2/c1-3-7-13(8-4-1)15-11-12-16-14-9-5-2-6-10-14/h1-3,5,7-10H,11-12H2. The van der Waals surface area contributed by atoms with E-state index in [9.17, 15) is 0 Å². The molecule has 0 atom stereocenters. The van der Waals surface area contributed by atoms with Crippen LogP contribution < -0.4 is 9.47 Å². The minimum Gasteiger partial charge on any atom is -0.490 e. The van der Waals surface area contributed by atoms with Gasteiger partial charge in [-0.2, -0.15) is 0 Å². The third-order valence-electron chi connectivity index (χ3n) is 1.98. The lowest BCUT2D eigenvalue weighted by Gasteiger charge is -2.07. The van der Waals surface area contributed by atoms with Crippen molar-refractivity contribution in [3.63, 3.8) is 0 Å². The van der Waals surface area contributed by atoms with Crippen molar-refractivity contribution in [3.8, 4) is 11.5 Å². The maximum Gasteiger partial charge on any atom is 0.122 e. The SMILES string of the molecule is [c]1cccc(OCCOc2c[c]ccc2)c1. The second-order valence-corrected chi connectivity index (χ2v) is 3.18. The Bertz CT molecular complexity index is 356. The Hall–Kier alpha value is -1.96. The smallest absolute Gasteiger partial charge is 0.122 e. The zero-order valence-corrected chi connectivity index (χ0v) is 8.85. The Kier molecular flexibility index (Phi) is 3.83. The fourth-order valence-corrected chi connectivity index (χ4v) is 1.25. The van der Waals surface area contributed by atoms with Crippen LogP contribution in [0.25, 0.3) is 0 Å². The van der Waals surface area contributed by atoms with Crippen molar-refractivity contribution in [2.75, 3.05) is 13.2 Å². The summed E-state index contributed by atoms with van der Waals surface area (Å²) in [4.78, 5) is 0. The molecule has 0 amide bonds. The van der Waals surface area contributed by atoms with Crippen molar-refractivity contribution in [2.45, 2.75) is 0 Å². The second kappa shape index (κ2) is 5.81. The van der Waals surface area contributed by atoms with Crippen LogP contribution in [0, 0.1) is 12.1 Å². The number of hydrogen-bond donors (Lipinski definition) is 0. The van der Waals surface area contributed by atoms with E-state index in [1.54, 1.807) is 12.1 Å². The topological polar surface area (TPSA) is 18.5 Å². The lowest BCUT2D eigenvalue weighted by molar-refractivity contribution is 0.217. The van der Waals surface area contributed by atoms with Gasteiger partial charge in [0.1, 0.15) is 24.7 Å². The van der Waals surface area contributed by atoms with Crippen LogP contribution in [0.1, 0.15) is 0 Å². The first-order valence-corrected chi connectivity index (χ1v) is 5.13. The van der Waals surface area contributed by atoms with Crippen molar-refractivity contribution in [1.82, 2.24) is 0 Å². The third-order valence-corrected chi connectivity index (χ3v) is 1.98. The fraction of sp³-hybridized carbons (Fsp3) is 0.143. The molecule has 2 aromatic carbocycles. The van der Waals surface area contributed by atoms with Gasteiger partial charge in [0.05, 0.1) is 0 Å². The predicted molar refractivity (Wildman–Crippen MR) is 61.5 cm³/mol. The van der Waals surface area contributed by atoms with Crippen molar-refractivity contribution in [1.29, 1.82) is 0 Å². The lowest BCUT2D eigenvalue weighted by Crippen LogP contribution is -2.08. The van der Waals surface area contributed by atoms with Crippen LogP contribution in [0.2, 0.25) is 0 Å². The van der Waals surface area contributed by atoms with Crippen LogP contribution in [0.4, 0.5) is 0 Å². The molecule has 2 rings (SSSR count). The fourth-order valence-electron chi connectivity index (χ4n) is 1.25. The largest absolute Gasteiger partial charge is 0.490 e. The molecule has 0 bridgehead atoms. The van der Waals surface area contributed by atoms with E-state index in [1.807, 2.05) is 36.4 Å². The second-order valence-electron chi connectivity index (χ2n) is 3.18. The highest BCUT2D eigenvalue weighted by Crippen LogP contribution is 2.09. The van der Waals surface area contributed by atoms with Gasteiger partial charge in [0.25, 0.3) is 0 Å². The zero-order chi connectivity index (χ0) is 11.1. The van der Waals surface area contributed by atoms with Gasteiger partial charge in [0.15, 0.2) is 0 Å². The Morgan fingerprint density at radius 1 is 0.812 bits per heavy atom. The molecule has 0 saturated heterocycles. The molecule has 16 heavy (non-hydrogen) atoms. The van der Waals surface area contributed by atoms with E-state index < -0.39 is 0 Å². The first kappa shape index (κ1) is 10.6. The normalized spacial score (nSPS) is 9.75. The molecule has 0 unspecified atom stereocenters. The van der Waals surface area contributed by atoms with Gasteiger partial charge < -0.3 is 9.47 Å². The van der Waals surface area contributed by atoms with Crippen molar-refractivity contribution in [2.24, 2.45) is 0 Å². The molecule has 0 fully saturated rings. The van der Waals surface area contributed by atoms with Crippen molar-refractivity contribution < 1.29 is 9.47 Å². The number of hydrogen-bond acceptors (Lipinski definition) is 2. The highest BCUT2D eigenvalue weighted by Gasteiger charge is 1.93. The first-order chi connectivity index (χ1) is 7.95. The summed E-state index contributed by atoms with van der Waals surface area (Å²) in [5.41, 5.74) is 0. The minimum absolute atomic E-state index is 0.521. The summed E-state index contributed by atoms with van der Waals surface area (Å²) in [6.07, 6.45) is 0. The predicted octanol–water partition coefficient (Wildman–Crippen LogP) is 2.74. The summed E-state index contributed by atoms with van der Waals surface area (Å²) in [5.74, 6) is 1.62. The van der Waals surface area contributed by atoms with Crippen molar-refractivity contribution >= 4 is 0 Å². The molecule has 80 valence electrons. The zero-order valence-electron chi connectivity index (χ0n) is 8.85. The number of rotatable bonds is 5. The average molecular weight is 212 g/mol. The Labute approximate surface area is 95.4 Å². The van der Waals surface area contributed by atoms with Gasteiger partial charge >= 0.3 is 0 Å². The van der Waals surface area contributed by atoms with Gasteiger partial charge in [-0.1, -0.05) is 24.3 Å². The van der Waals surface area contributed by atoms with Crippen LogP contribution >= 0.6 is 0 Å². The van der Waals surface area contributed by atoms with E-state index in [2.05, 4.69) is 12.1 Å². The first-order valence-electron chi connectivity index (χ1n) is 5.13. The van der Waals surface area contributed by atoms with Gasteiger partial charge in [0.2, 0.25) is 0 Å². The van der Waals surface area contributed by atoms with Crippen LogP contribution in [0.5, 0.6) is 11.5 Å². The molecule has 2 nitrogen and oxygen atoms in total. The van der Waals surface area contributed by atoms with E-state index in [4.69, 9.17) is 9.47 Å². The lowest BCUT2D eigenvalue weighted by atomic mass is 10.3. The van der Waals surface area contributed by atoms with E-state index in [1.165, 1.54) is 0 Å². The molecule has 0 saturated carbocycles. The number of ether oxygens (including phenoxy) is 2. The third kappa shape index (κ3) is 3.31. The molecule has 0 aliphatic carbocycles. The Morgan fingerprint density at radius 2 is 1.31 bits per heavy atom. The maximum atomic E-state index is 5.46. The average Bonchev–Trinajstić information content (AvgIpc) is 2.37. The summed E-state index contributed by atoms with van der Waals surface area (Å²) in [6, 6.07) is 20.7. The summed E-state index contributed by atoms with van der Waals surface area (Å²) in [6.45, 7) is 1.04. The van der Waals surface area contributed by atoms with E-state index >= 15 is 0 Å². The van der Waals surface area contributed by atoms with Gasteiger partial charge in [-0.3, -0.25) is 0 Å². The number of benzene rings is 2. The van der Waals surface area contributed by atoms with E-state index in [0.29, 0.717) is 13.2 Å². The Morgan fingerprint density at radius 3 is 1.69 bits per heavy atom. The molecule has 0 N–H and O–H groups in total. The summed E-state index contributed by atoms with van der Waals surface area (Å²) >= 11 is 0. The molecule has 0 heterocycles. The van der Waals surface area contributed by atoms with Crippen LogP contribution in [-0.4, -0.2) is 13.2 Å². The van der Waals surface area contributed by atoms with Gasteiger partial charge in [-0.25, -0.2) is 0 Å². The monoisotopic (exact) mass is 212 g/mol. The molecule has 0 aliphatic rings. The Balaban J connectivity index is 1.70. The highest BCUT2D eigenvalue weighted by atomic mass is 16.5. The summed E-state index contributed by atoms with van der Waals surface area (Å²) < 4.78 is 10.9.